The molecule has 2 N–H and O–H groups in total. The number of amides is 1. The molecule has 0 aliphatic carbocycles. The van der Waals surface area contributed by atoms with Crippen LogP contribution in [0.4, 0.5) is 8.78 Å². The lowest BCUT2D eigenvalue weighted by molar-refractivity contribution is 0.0856. The van der Waals surface area contributed by atoms with Crippen molar-refractivity contribution in [3.05, 3.63) is 63.1 Å². The number of oxime groups is 1. The van der Waals surface area contributed by atoms with E-state index in [4.69, 9.17) is 38.5 Å². The van der Waals surface area contributed by atoms with E-state index in [2.05, 4.69) is 5.16 Å². The first kappa shape index (κ1) is 18.4. The lowest BCUT2D eigenvalue weighted by Gasteiger charge is -2.10. The Hall–Kier alpha value is -2.38. The summed E-state index contributed by atoms with van der Waals surface area (Å²) >= 11 is 11.9. The standard InChI is InChI=1S/C17H12Cl2F2N2O3/c18-10-2-1-8(5-11(10)19)14-6-9(23-26-14)7-25-13-4-3-12(20)15(16(13)21)17(22)24/h1-5,14H,6-7H2,(H2,22,24). The largest absolute Gasteiger partial charge is 0.484 e. The van der Waals surface area contributed by atoms with Crippen molar-refractivity contribution in [2.24, 2.45) is 10.9 Å². The molecular weight excluding hydrogens is 389 g/mol. The number of rotatable bonds is 5. The minimum absolute atomic E-state index is 0.0986. The van der Waals surface area contributed by atoms with E-state index in [0.717, 1.165) is 17.7 Å². The summed E-state index contributed by atoms with van der Waals surface area (Å²) in [5.74, 6) is -3.73. The smallest absolute Gasteiger partial charge is 0.254 e. The molecule has 136 valence electrons. The van der Waals surface area contributed by atoms with Gasteiger partial charge in [0.05, 0.1) is 15.8 Å². The number of ether oxygens (including phenoxy) is 1. The van der Waals surface area contributed by atoms with E-state index in [9.17, 15) is 13.6 Å². The van der Waals surface area contributed by atoms with E-state index in [0.29, 0.717) is 22.2 Å². The monoisotopic (exact) mass is 400 g/mol. The third-order valence-electron chi connectivity index (χ3n) is 3.74. The van der Waals surface area contributed by atoms with Crippen LogP contribution in [0.25, 0.3) is 0 Å². The van der Waals surface area contributed by atoms with Crippen LogP contribution < -0.4 is 10.5 Å². The van der Waals surface area contributed by atoms with E-state index in [1.165, 1.54) is 0 Å². The Bertz CT molecular complexity index is 906. The van der Waals surface area contributed by atoms with Gasteiger partial charge >= 0.3 is 0 Å². The van der Waals surface area contributed by atoms with Crippen LogP contribution in [0.5, 0.6) is 5.75 Å². The van der Waals surface area contributed by atoms with Gasteiger partial charge in [0.25, 0.3) is 5.91 Å². The summed E-state index contributed by atoms with van der Waals surface area (Å²) in [6, 6.07) is 7.06. The Morgan fingerprint density at radius 3 is 2.73 bits per heavy atom. The number of hydrogen-bond acceptors (Lipinski definition) is 4. The zero-order chi connectivity index (χ0) is 18.8. The average molecular weight is 401 g/mol. The van der Waals surface area contributed by atoms with Crippen LogP contribution in [-0.4, -0.2) is 18.2 Å². The van der Waals surface area contributed by atoms with Crippen molar-refractivity contribution in [3.63, 3.8) is 0 Å². The number of carbonyl (C=O) groups is 1. The van der Waals surface area contributed by atoms with Crippen LogP contribution in [0.3, 0.4) is 0 Å². The maximum absolute atomic E-state index is 14.1. The maximum Gasteiger partial charge on any atom is 0.254 e. The summed E-state index contributed by atoms with van der Waals surface area (Å²) in [5, 5.41) is 4.71. The Kier molecular flexibility index (Phi) is 5.29. The van der Waals surface area contributed by atoms with E-state index in [1.807, 2.05) is 0 Å². The molecule has 0 spiro atoms. The Morgan fingerprint density at radius 1 is 1.27 bits per heavy atom. The molecule has 1 atom stereocenters. The van der Waals surface area contributed by atoms with Gasteiger partial charge in [-0.25, -0.2) is 8.78 Å². The SMILES string of the molecule is NC(=O)c1c(F)ccc(OCC2=NOC(c3ccc(Cl)c(Cl)c3)C2)c1F. The van der Waals surface area contributed by atoms with E-state index in [-0.39, 0.29) is 18.5 Å². The van der Waals surface area contributed by atoms with Crippen LogP contribution in [0.15, 0.2) is 35.5 Å². The molecule has 1 heterocycles. The first-order valence-corrected chi connectivity index (χ1v) is 8.19. The maximum atomic E-state index is 14.1. The fourth-order valence-electron chi connectivity index (χ4n) is 2.44. The number of nitrogens with zero attached hydrogens (tertiary/aromatic N) is 1. The summed E-state index contributed by atoms with van der Waals surface area (Å²) in [6.07, 6.45) is 0.0197. The summed E-state index contributed by atoms with van der Waals surface area (Å²) in [5.41, 5.74) is 5.41. The molecule has 26 heavy (non-hydrogen) atoms. The number of primary amides is 1. The summed E-state index contributed by atoms with van der Waals surface area (Å²) in [6.45, 7) is -0.0986. The van der Waals surface area contributed by atoms with Gasteiger partial charge in [0.1, 0.15) is 18.0 Å². The fraction of sp³-hybridized carbons (Fsp3) is 0.176. The highest BCUT2D eigenvalue weighted by Gasteiger charge is 2.25. The third-order valence-corrected chi connectivity index (χ3v) is 4.48. The second-order valence-corrected chi connectivity index (χ2v) is 6.33. The molecule has 1 unspecified atom stereocenters. The second kappa shape index (κ2) is 7.47. The van der Waals surface area contributed by atoms with Gasteiger partial charge in [0, 0.05) is 6.42 Å². The Balaban J connectivity index is 1.66. The Morgan fingerprint density at radius 2 is 2.04 bits per heavy atom. The molecule has 3 rings (SSSR count). The minimum atomic E-state index is -1.22. The molecule has 1 aliphatic heterocycles. The first-order chi connectivity index (χ1) is 12.4. The number of benzene rings is 2. The van der Waals surface area contributed by atoms with Gasteiger partial charge in [-0.05, 0) is 29.8 Å². The molecule has 0 saturated heterocycles. The van der Waals surface area contributed by atoms with Gasteiger partial charge in [0.2, 0.25) is 0 Å². The average Bonchev–Trinajstić information content (AvgIpc) is 3.05. The van der Waals surface area contributed by atoms with Gasteiger partial charge in [-0.1, -0.05) is 34.4 Å². The first-order valence-electron chi connectivity index (χ1n) is 7.44. The lowest BCUT2D eigenvalue weighted by atomic mass is 10.0. The van der Waals surface area contributed by atoms with Crippen LogP contribution >= 0.6 is 23.2 Å². The van der Waals surface area contributed by atoms with Crippen LogP contribution in [0, 0.1) is 11.6 Å². The Labute approximate surface area is 157 Å². The van der Waals surface area contributed by atoms with Gasteiger partial charge in [0.15, 0.2) is 17.7 Å². The van der Waals surface area contributed by atoms with E-state index in [1.54, 1.807) is 18.2 Å². The highest BCUT2D eigenvalue weighted by molar-refractivity contribution is 6.42. The number of carbonyl (C=O) groups excluding carboxylic acids is 1. The molecule has 9 heteroatoms. The second-order valence-electron chi connectivity index (χ2n) is 5.52. The van der Waals surface area contributed by atoms with Crippen LogP contribution in [0.2, 0.25) is 10.0 Å². The zero-order valence-corrected chi connectivity index (χ0v) is 14.7. The number of hydrogen-bond donors (Lipinski definition) is 1. The van der Waals surface area contributed by atoms with Gasteiger partial charge in [-0.3, -0.25) is 4.79 Å². The van der Waals surface area contributed by atoms with Crippen LogP contribution in [-0.2, 0) is 4.84 Å². The molecular formula is C17H12Cl2F2N2O3. The topological polar surface area (TPSA) is 73.9 Å². The summed E-state index contributed by atoms with van der Waals surface area (Å²) in [7, 11) is 0. The van der Waals surface area contributed by atoms with Crippen molar-refractivity contribution < 1.29 is 23.1 Å². The fourth-order valence-corrected chi connectivity index (χ4v) is 2.74. The molecule has 0 fully saturated rings. The molecule has 2 aromatic rings. The van der Waals surface area contributed by atoms with Crippen molar-refractivity contribution >= 4 is 34.8 Å². The van der Waals surface area contributed by atoms with Gasteiger partial charge < -0.3 is 15.3 Å². The summed E-state index contributed by atoms with van der Waals surface area (Å²) in [4.78, 5) is 16.5. The number of nitrogens with two attached hydrogens (primary N) is 1. The number of halogens is 4. The van der Waals surface area contributed by atoms with Crippen molar-refractivity contribution in [3.8, 4) is 5.75 Å². The van der Waals surface area contributed by atoms with Crippen molar-refractivity contribution in [1.29, 1.82) is 0 Å². The van der Waals surface area contributed by atoms with E-state index < -0.39 is 23.1 Å². The van der Waals surface area contributed by atoms with Crippen molar-refractivity contribution in [2.75, 3.05) is 6.61 Å². The molecule has 2 aromatic carbocycles. The third kappa shape index (κ3) is 3.73. The molecule has 0 radical (unpaired) electrons. The molecule has 5 nitrogen and oxygen atoms in total. The zero-order valence-electron chi connectivity index (χ0n) is 13.1. The molecule has 0 bridgehead atoms. The quantitative estimate of drug-likeness (QED) is 0.814. The summed E-state index contributed by atoms with van der Waals surface area (Å²) < 4.78 is 32.9. The molecule has 1 aliphatic rings. The highest BCUT2D eigenvalue weighted by atomic mass is 35.5. The lowest BCUT2D eigenvalue weighted by Crippen LogP contribution is -2.17. The predicted octanol–water partition coefficient (Wildman–Crippen LogP) is 4.27. The predicted molar refractivity (Wildman–Crippen MR) is 92.7 cm³/mol. The highest BCUT2D eigenvalue weighted by Crippen LogP contribution is 2.32. The normalized spacial score (nSPS) is 16.2. The molecule has 0 saturated carbocycles. The van der Waals surface area contributed by atoms with Crippen molar-refractivity contribution in [1.82, 2.24) is 0 Å². The van der Waals surface area contributed by atoms with Crippen LogP contribution in [0.1, 0.15) is 28.4 Å². The molecule has 1 amide bonds. The van der Waals surface area contributed by atoms with E-state index >= 15 is 0 Å². The van der Waals surface area contributed by atoms with Gasteiger partial charge in [-0.15, -0.1) is 0 Å². The minimum Gasteiger partial charge on any atom is -0.484 e. The molecule has 0 aromatic heterocycles. The van der Waals surface area contributed by atoms with Gasteiger partial charge in [-0.2, -0.15) is 0 Å². The van der Waals surface area contributed by atoms with Crippen molar-refractivity contribution in [2.45, 2.75) is 12.5 Å².